The molecule has 0 radical (unpaired) electrons. The summed E-state index contributed by atoms with van der Waals surface area (Å²) in [7, 11) is 0. The molecular formula is C14H18N2O2. The van der Waals surface area contributed by atoms with Crippen LogP contribution in [-0.2, 0) is 11.3 Å². The maximum atomic E-state index is 11.7. The third-order valence-corrected chi connectivity index (χ3v) is 3.96. The highest BCUT2D eigenvalue weighted by Crippen LogP contribution is 2.50. The molecule has 18 heavy (non-hydrogen) atoms. The summed E-state index contributed by atoms with van der Waals surface area (Å²) in [5, 5.41) is 6.31. The molecule has 1 aliphatic heterocycles. The number of hydrogen-bond acceptors (Lipinski definition) is 3. The van der Waals surface area contributed by atoms with Gasteiger partial charge < -0.3 is 15.4 Å². The van der Waals surface area contributed by atoms with Crippen molar-refractivity contribution < 1.29 is 9.53 Å². The maximum Gasteiger partial charge on any atom is 0.407 e. The topological polar surface area (TPSA) is 50.4 Å². The molecule has 1 atom stereocenters. The van der Waals surface area contributed by atoms with Gasteiger partial charge in [-0.1, -0.05) is 30.3 Å². The first-order valence-electron chi connectivity index (χ1n) is 6.46. The molecule has 1 saturated heterocycles. The van der Waals surface area contributed by atoms with Gasteiger partial charge in [0.25, 0.3) is 0 Å². The fourth-order valence-corrected chi connectivity index (χ4v) is 2.60. The SMILES string of the molecule is O=C(NC1CNCC12CC2)OCc1ccccc1. The Bertz CT molecular complexity index is 429. The van der Waals surface area contributed by atoms with Crippen LogP contribution in [0, 0.1) is 5.41 Å². The van der Waals surface area contributed by atoms with Crippen LogP contribution in [0.1, 0.15) is 18.4 Å². The average molecular weight is 246 g/mol. The lowest BCUT2D eigenvalue weighted by atomic mass is 10.0. The molecule has 1 aromatic carbocycles. The van der Waals surface area contributed by atoms with Crippen LogP contribution in [0.2, 0.25) is 0 Å². The normalized spacial score (nSPS) is 23.9. The lowest BCUT2D eigenvalue weighted by Gasteiger charge is -2.18. The van der Waals surface area contributed by atoms with E-state index in [0.29, 0.717) is 12.0 Å². The van der Waals surface area contributed by atoms with Crippen LogP contribution < -0.4 is 10.6 Å². The van der Waals surface area contributed by atoms with Crippen molar-refractivity contribution in [1.29, 1.82) is 0 Å². The van der Waals surface area contributed by atoms with E-state index in [1.54, 1.807) is 0 Å². The lowest BCUT2D eigenvalue weighted by Crippen LogP contribution is -2.41. The molecular weight excluding hydrogens is 228 g/mol. The van der Waals surface area contributed by atoms with Crippen LogP contribution in [0.3, 0.4) is 0 Å². The second-order valence-corrected chi connectivity index (χ2v) is 5.25. The van der Waals surface area contributed by atoms with E-state index in [4.69, 9.17) is 4.74 Å². The molecule has 4 nitrogen and oxygen atoms in total. The Hall–Kier alpha value is -1.55. The zero-order chi connectivity index (χ0) is 12.4. The first-order valence-corrected chi connectivity index (χ1v) is 6.46. The van der Waals surface area contributed by atoms with E-state index in [-0.39, 0.29) is 12.1 Å². The van der Waals surface area contributed by atoms with Crippen molar-refractivity contribution in [3.05, 3.63) is 35.9 Å². The highest BCUT2D eigenvalue weighted by molar-refractivity contribution is 5.68. The van der Waals surface area contributed by atoms with Crippen LogP contribution in [0.4, 0.5) is 4.79 Å². The van der Waals surface area contributed by atoms with Crippen molar-refractivity contribution in [2.24, 2.45) is 5.41 Å². The van der Waals surface area contributed by atoms with Crippen molar-refractivity contribution in [2.45, 2.75) is 25.5 Å². The molecule has 2 fully saturated rings. The monoisotopic (exact) mass is 246 g/mol. The fourth-order valence-electron chi connectivity index (χ4n) is 2.60. The number of carbonyl (C=O) groups is 1. The summed E-state index contributed by atoms with van der Waals surface area (Å²) in [6.07, 6.45) is 2.12. The van der Waals surface area contributed by atoms with Crippen LogP contribution in [0.15, 0.2) is 30.3 Å². The number of nitrogens with one attached hydrogen (secondary N) is 2. The molecule has 0 aromatic heterocycles. The molecule has 1 aromatic rings. The molecule has 1 heterocycles. The van der Waals surface area contributed by atoms with Crippen molar-refractivity contribution in [2.75, 3.05) is 13.1 Å². The molecule has 4 heteroatoms. The minimum absolute atomic E-state index is 0.237. The standard InChI is InChI=1S/C14H18N2O2/c17-13(18-9-11-4-2-1-3-5-11)16-12-8-15-10-14(12)6-7-14/h1-5,12,15H,6-10H2,(H,16,17). The van der Waals surface area contributed by atoms with Crippen LogP contribution in [0.25, 0.3) is 0 Å². The molecule has 1 saturated carbocycles. The summed E-state index contributed by atoms with van der Waals surface area (Å²) in [6, 6.07) is 9.97. The van der Waals surface area contributed by atoms with Gasteiger partial charge >= 0.3 is 6.09 Å². The van der Waals surface area contributed by atoms with Crippen LogP contribution in [0.5, 0.6) is 0 Å². The summed E-state index contributed by atoms with van der Waals surface area (Å²) >= 11 is 0. The summed E-state index contributed by atoms with van der Waals surface area (Å²) in [5.74, 6) is 0. The lowest BCUT2D eigenvalue weighted by molar-refractivity contribution is 0.133. The van der Waals surface area contributed by atoms with Gasteiger partial charge in [-0.25, -0.2) is 4.79 Å². The predicted octanol–water partition coefficient (Wildman–Crippen LogP) is 1.66. The number of alkyl carbamates (subject to hydrolysis) is 1. The Morgan fingerprint density at radius 1 is 1.39 bits per heavy atom. The molecule has 2 N–H and O–H groups in total. The zero-order valence-electron chi connectivity index (χ0n) is 10.3. The van der Waals surface area contributed by atoms with Gasteiger partial charge in [-0.2, -0.15) is 0 Å². The Labute approximate surface area is 107 Å². The van der Waals surface area contributed by atoms with Gasteiger partial charge in [0.2, 0.25) is 0 Å². The summed E-state index contributed by atoms with van der Waals surface area (Å²) < 4.78 is 5.23. The van der Waals surface area contributed by atoms with Crippen molar-refractivity contribution in [3.63, 3.8) is 0 Å². The van der Waals surface area contributed by atoms with Crippen molar-refractivity contribution in [1.82, 2.24) is 10.6 Å². The van der Waals surface area contributed by atoms with E-state index in [9.17, 15) is 4.79 Å². The van der Waals surface area contributed by atoms with Gasteiger partial charge in [-0.15, -0.1) is 0 Å². The summed E-state index contributed by atoms with van der Waals surface area (Å²) in [4.78, 5) is 11.7. The molecule has 2 aliphatic rings. The first-order chi connectivity index (χ1) is 8.78. The molecule has 0 bridgehead atoms. The van der Waals surface area contributed by atoms with Crippen LogP contribution in [-0.4, -0.2) is 25.2 Å². The summed E-state index contributed by atoms with van der Waals surface area (Å²) in [6.45, 7) is 2.22. The van der Waals surface area contributed by atoms with Gasteiger partial charge in [0.05, 0.1) is 6.04 Å². The van der Waals surface area contributed by atoms with E-state index in [1.165, 1.54) is 12.8 Å². The second-order valence-electron chi connectivity index (χ2n) is 5.25. The molecule has 3 rings (SSSR count). The number of benzene rings is 1. The number of carbonyl (C=O) groups excluding carboxylic acids is 1. The highest BCUT2D eigenvalue weighted by atomic mass is 16.5. The molecule has 1 amide bonds. The predicted molar refractivity (Wildman–Crippen MR) is 68.1 cm³/mol. The average Bonchev–Trinajstić information content (AvgIpc) is 3.07. The van der Waals surface area contributed by atoms with E-state index in [1.807, 2.05) is 30.3 Å². The second kappa shape index (κ2) is 4.61. The Morgan fingerprint density at radius 3 is 2.89 bits per heavy atom. The molecule has 1 spiro atoms. The minimum atomic E-state index is -0.307. The quantitative estimate of drug-likeness (QED) is 0.853. The Balaban J connectivity index is 1.48. The molecule has 96 valence electrons. The molecule has 1 aliphatic carbocycles. The van der Waals surface area contributed by atoms with Gasteiger partial charge in [0, 0.05) is 18.5 Å². The van der Waals surface area contributed by atoms with E-state index >= 15 is 0 Å². The smallest absolute Gasteiger partial charge is 0.407 e. The van der Waals surface area contributed by atoms with E-state index in [2.05, 4.69) is 10.6 Å². The third kappa shape index (κ3) is 2.34. The van der Waals surface area contributed by atoms with Crippen molar-refractivity contribution in [3.8, 4) is 0 Å². The maximum absolute atomic E-state index is 11.7. The van der Waals surface area contributed by atoms with E-state index in [0.717, 1.165) is 18.7 Å². The van der Waals surface area contributed by atoms with E-state index < -0.39 is 0 Å². The Kier molecular flexibility index (Phi) is 2.96. The zero-order valence-corrected chi connectivity index (χ0v) is 10.3. The van der Waals surface area contributed by atoms with Gasteiger partial charge in [-0.05, 0) is 18.4 Å². The van der Waals surface area contributed by atoms with Crippen LogP contribution >= 0.6 is 0 Å². The van der Waals surface area contributed by atoms with Gasteiger partial charge in [0.15, 0.2) is 0 Å². The fraction of sp³-hybridized carbons (Fsp3) is 0.500. The largest absolute Gasteiger partial charge is 0.445 e. The number of amides is 1. The van der Waals surface area contributed by atoms with Gasteiger partial charge in [-0.3, -0.25) is 0 Å². The number of rotatable bonds is 3. The third-order valence-electron chi connectivity index (χ3n) is 3.96. The highest BCUT2D eigenvalue weighted by Gasteiger charge is 2.52. The summed E-state index contributed by atoms with van der Waals surface area (Å²) in [5.41, 5.74) is 1.34. The minimum Gasteiger partial charge on any atom is -0.445 e. The number of hydrogen-bond donors (Lipinski definition) is 2. The molecule has 1 unspecified atom stereocenters. The first kappa shape index (κ1) is 11.5. The Morgan fingerprint density at radius 2 is 2.17 bits per heavy atom. The van der Waals surface area contributed by atoms with Gasteiger partial charge in [0.1, 0.15) is 6.61 Å². The number of ether oxygens (including phenoxy) is 1. The van der Waals surface area contributed by atoms with Crippen molar-refractivity contribution >= 4 is 6.09 Å².